The zero-order valence-corrected chi connectivity index (χ0v) is 20.9. The van der Waals surface area contributed by atoms with Crippen LogP contribution in [0.5, 0.6) is 5.75 Å². The average molecular weight is 484 g/mol. The van der Waals surface area contributed by atoms with E-state index in [2.05, 4.69) is 59.4 Å². The summed E-state index contributed by atoms with van der Waals surface area (Å²) < 4.78 is 7.70. The number of nitrogens with zero attached hydrogens (tertiary/aromatic N) is 2. The lowest BCUT2D eigenvalue weighted by molar-refractivity contribution is 0.194. The van der Waals surface area contributed by atoms with Crippen LogP contribution in [-0.4, -0.2) is 22.6 Å². The Balaban J connectivity index is 1.49. The summed E-state index contributed by atoms with van der Waals surface area (Å²) >= 11 is 1.91. The summed E-state index contributed by atoms with van der Waals surface area (Å²) in [4.78, 5) is 17.5. The van der Waals surface area contributed by atoms with Crippen molar-refractivity contribution in [3.63, 3.8) is 0 Å². The van der Waals surface area contributed by atoms with Gasteiger partial charge in [-0.15, -0.1) is 11.3 Å². The van der Waals surface area contributed by atoms with Gasteiger partial charge in [0.25, 0.3) is 0 Å². The molecule has 4 aromatic rings. The lowest BCUT2D eigenvalue weighted by Crippen LogP contribution is -2.38. The molecule has 2 aliphatic rings. The molecule has 0 bridgehead atoms. The zero-order valence-electron chi connectivity index (χ0n) is 20.1. The Morgan fingerprint density at radius 2 is 1.89 bits per heavy atom. The molecule has 1 aliphatic heterocycles. The van der Waals surface area contributed by atoms with Crippen molar-refractivity contribution in [2.24, 2.45) is 0 Å². The van der Waals surface area contributed by atoms with Gasteiger partial charge in [-0.1, -0.05) is 35.9 Å². The third-order valence-electron chi connectivity index (χ3n) is 7.12. The van der Waals surface area contributed by atoms with Gasteiger partial charge in [0.15, 0.2) is 0 Å². The smallest absolute Gasteiger partial charge is 0.322 e. The number of ether oxygens (including phenoxy) is 1. The number of rotatable bonds is 3. The van der Waals surface area contributed by atoms with Crippen molar-refractivity contribution < 1.29 is 9.53 Å². The minimum atomic E-state index is -0.200. The van der Waals surface area contributed by atoms with E-state index in [1.807, 2.05) is 40.5 Å². The zero-order chi connectivity index (χ0) is 23.9. The van der Waals surface area contributed by atoms with E-state index in [0.717, 1.165) is 35.5 Å². The normalized spacial score (nSPS) is 16.6. The third kappa shape index (κ3) is 3.92. The highest BCUT2D eigenvalue weighted by molar-refractivity contribution is 7.15. The van der Waals surface area contributed by atoms with E-state index < -0.39 is 0 Å². The molecule has 1 atom stereocenters. The highest BCUT2D eigenvalue weighted by Crippen LogP contribution is 2.44. The number of hydrogen-bond donors (Lipinski definition) is 1. The molecular formula is C29H29N3O2S. The summed E-state index contributed by atoms with van der Waals surface area (Å²) in [5.74, 6) is 0.719. The van der Waals surface area contributed by atoms with Crippen LogP contribution in [0.15, 0.2) is 66.9 Å². The molecular weight excluding hydrogens is 454 g/mol. The molecule has 0 spiro atoms. The molecule has 0 radical (unpaired) electrons. The van der Waals surface area contributed by atoms with Crippen LogP contribution in [0.1, 0.15) is 51.7 Å². The van der Waals surface area contributed by atoms with E-state index >= 15 is 0 Å². The lowest BCUT2D eigenvalue weighted by Gasteiger charge is -2.31. The minimum Gasteiger partial charge on any atom is -0.497 e. The van der Waals surface area contributed by atoms with Crippen LogP contribution in [0.25, 0.3) is 5.00 Å². The molecule has 1 N–H and O–H groups in total. The number of carbonyl (C=O) groups is 1. The maximum Gasteiger partial charge on any atom is 0.322 e. The number of carbonyl (C=O) groups excluding carboxylic acids is 1. The Kier molecular flexibility index (Phi) is 5.61. The first-order valence-electron chi connectivity index (χ1n) is 12.2. The monoisotopic (exact) mass is 483 g/mol. The number of anilines is 1. The van der Waals surface area contributed by atoms with Crippen molar-refractivity contribution in [1.82, 2.24) is 9.47 Å². The fraction of sp³-hybridized carbons (Fsp3) is 0.276. The fourth-order valence-electron chi connectivity index (χ4n) is 5.47. The Morgan fingerprint density at radius 3 is 2.74 bits per heavy atom. The summed E-state index contributed by atoms with van der Waals surface area (Å²) in [6, 6.07) is 20.0. The van der Waals surface area contributed by atoms with Crippen LogP contribution >= 0.6 is 11.3 Å². The molecule has 3 heterocycles. The first-order chi connectivity index (χ1) is 17.1. The lowest BCUT2D eigenvalue weighted by atomic mass is 9.95. The Hall–Kier alpha value is -3.51. The maximum atomic E-state index is 14.0. The number of urea groups is 1. The largest absolute Gasteiger partial charge is 0.497 e. The van der Waals surface area contributed by atoms with Crippen molar-refractivity contribution in [3.05, 3.63) is 99.7 Å². The number of benzene rings is 2. The second kappa shape index (κ2) is 8.93. The van der Waals surface area contributed by atoms with Crippen LogP contribution in [0.4, 0.5) is 10.5 Å². The van der Waals surface area contributed by atoms with Gasteiger partial charge in [0, 0.05) is 28.4 Å². The summed E-state index contributed by atoms with van der Waals surface area (Å²) in [5, 5.41) is 4.43. The van der Waals surface area contributed by atoms with Crippen molar-refractivity contribution in [1.29, 1.82) is 0 Å². The van der Waals surface area contributed by atoms with Gasteiger partial charge in [-0.2, -0.15) is 0 Å². The molecule has 2 amide bonds. The molecule has 0 saturated carbocycles. The van der Waals surface area contributed by atoms with E-state index in [1.54, 1.807) is 7.11 Å². The van der Waals surface area contributed by atoms with Gasteiger partial charge >= 0.3 is 6.03 Å². The Labute approximate surface area is 210 Å². The van der Waals surface area contributed by atoms with Crippen molar-refractivity contribution in [3.8, 4) is 10.8 Å². The number of methoxy groups -OCH3 is 1. The van der Waals surface area contributed by atoms with Gasteiger partial charge < -0.3 is 19.5 Å². The topological polar surface area (TPSA) is 46.5 Å². The number of fused-ring (bicyclic) bond motifs is 5. The van der Waals surface area contributed by atoms with Crippen molar-refractivity contribution >= 4 is 23.1 Å². The summed E-state index contributed by atoms with van der Waals surface area (Å²) in [6.45, 7) is 2.68. The predicted molar refractivity (Wildman–Crippen MR) is 141 cm³/mol. The van der Waals surface area contributed by atoms with Crippen LogP contribution in [0, 0.1) is 6.92 Å². The summed E-state index contributed by atoms with van der Waals surface area (Å²) in [5.41, 5.74) is 6.91. The van der Waals surface area contributed by atoms with Gasteiger partial charge in [0.2, 0.25) is 0 Å². The first kappa shape index (κ1) is 22.0. The van der Waals surface area contributed by atoms with E-state index in [9.17, 15) is 4.79 Å². The molecule has 0 unspecified atom stereocenters. The average Bonchev–Trinajstić information content (AvgIpc) is 3.46. The third-order valence-corrected chi connectivity index (χ3v) is 8.45. The number of aryl methyl sites for hydroxylation is 2. The van der Waals surface area contributed by atoms with Gasteiger partial charge in [0.05, 0.1) is 25.4 Å². The fourth-order valence-corrected chi connectivity index (χ4v) is 6.88. The molecule has 2 aromatic carbocycles. The Morgan fingerprint density at radius 1 is 1.03 bits per heavy atom. The molecule has 35 heavy (non-hydrogen) atoms. The van der Waals surface area contributed by atoms with Crippen molar-refractivity contribution in [2.45, 2.75) is 45.2 Å². The maximum absolute atomic E-state index is 14.0. The van der Waals surface area contributed by atoms with Crippen LogP contribution in [0.2, 0.25) is 0 Å². The number of thiophene rings is 1. The standard InChI is InChI=1S/C29H29N3O2S/c1-19-8-5-9-20(16-19)27-25-13-7-15-31(25)28-24(23-12-3-4-14-26(23)35-28)18-32(27)29(33)30-21-10-6-11-22(17-21)34-2/h5-11,13,15-17,27H,3-4,12,14,18H2,1-2H3,(H,30,33)/t27-/m0/s1. The van der Waals surface area contributed by atoms with E-state index in [1.165, 1.54) is 39.4 Å². The van der Waals surface area contributed by atoms with E-state index in [4.69, 9.17) is 4.74 Å². The SMILES string of the molecule is COc1cccc(NC(=O)N2Cc3c(sc4c3CCCC4)-n3cccc3[C@@H]2c2cccc(C)c2)c1. The van der Waals surface area contributed by atoms with Gasteiger partial charge in [-0.05, 0) is 68.0 Å². The quantitative estimate of drug-likeness (QED) is 0.346. The molecule has 0 saturated heterocycles. The van der Waals surface area contributed by atoms with Crippen molar-refractivity contribution in [2.75, 3.05) is 12.4 Å². The summed E-state index contributed by atoms with van der Waals surface area (Å²) in [7, 11) is 1.64. The van der Waals surface area contributed by atoms with Crippen LogP contribution in [0.3, 0.4) is 0 Å². The van der Waals surface area contributed by atoms with Gasteiger partial charge in [-0.25, -0.2) is 4.79 Å². The van der Waals surface area contributed by atoms with Crippen LogP contribution < -0.4 is 10.1 Å². The predicted octanol–water partition coefficient (Wildman–Crippen LogP) is 6.87. The number of amides is 2. The second-order valence-corrected chi connectivity index (χ2v) is 10.5. The molecule has 6 heteroatoms. The summed E-state index contributed by atoms with van der Waals surface area (Å²) in [6.07, 6.45) is 6.85. The van der Waals surface area contributed by atoms with Gasteiger partial charge in [-0.3, -0.25) is 0 Å². The molecule has 5 nitrogen and oxygen atoms in total. The number of nitrogens with one attached hydrogen (secondary N) is 1. The first-order valence-corrected chi connectivity index (χ1v) is 13.0. The molecule has 178 valence electrons. The molecule has 1 aliphatic carbocycles. The number of aromatic nitrogens is 1. The Bertz CT molecular complexity index is 1400. The molecule has 2 aromatic heterocycles. The van der Waals surface area contributed by atoms with Crippen LogP contribution in [-0.2, 0) is 19.4 Å². The molecule has 6 rings (SSSR count). The van der Waals surface area contributed by atoms with E-state index in [-0.39, 0.29) is 12.1 Å². The highest BCUT2D eigenvalue weighted by Gasteiger charge is 2.36. The second-order valence-electron chi connectivity index (χ2n) is 9.40. The molecule has 0 fully saturated rings. The minimum absolute atomic E-state index is 0.110. The number of hydrogen-bond acceptors (Lipinski definition) is 3. The van der Waals surface area contributed by atoms with Gasteiger partial charge in [0.1, 0.15) is 10.8 Å². The highest BCUT2D eigenvalue weighted by atomic mass is 32.1. The van der Waals surface area contributed by atoms with E-state index in [0.29, 0.717) is 6.54 Å².